The first kappa shape index (κ1) is 14.1. The Kier molecular flexibility index (Phi) is 4.64. The first-order valence-corrected chi connectivity index (χ1v) is 6.88. The van der Waals surface area contributed by atoms with E-state index in [4.69, 9.17) is 16.3 Å². The zero-order chi connectivity index (χ0) is 13.8. The van der Waals surface area contributed by atoms with E-state index in [0.717, 1.165) is 12.8 Å². The minimum atomic E-state index is -0.538. The predicted molar refractivity (Wildman–Crippen MR) is 72.3 cm³/mol. The molecular weight excluding hydrogens is 269 g/mol. The average molecular weight is 286 g/mol. The van der Waals surface area contributed by atoms with E-state index in [-0.39, 0.29) is 11.5 Å². The van der Waals surface area contributed by atoms with Gasteiger partial charge in [-0.1, -0.05) is 0 Å². The fraction of sp³-hybridized carbons (Fsp3) is 0.500. The molecule has 3 nitrogen and oxygen atoms in total. The van der Waals surface area contributed by atoms with Crippen molar-refractivity contribution >= 4 is 17.5 Å². The van der Waals surface area contributed by atoms with E-state index < -0.39 is 5.82 Å². The van der Waals surface area contributed by atoms with Crippen LogP contribution >= 0.6 is 11.6 Å². The van der Waals surface area contributed by atoms with Crippen LogP contribution in [0, 0.1) is 11.7 Å². The molecule has 1 aromatic carbocycles. The number of benzene rings is 1. The van der Waals surface area contributed by atoms with Gasteiger partial charge in [0.05, 0.1) is 12.7 Å². The van der Waals surface area contributed by atoms with Gasteiger partial charge in [-0.2, -0.15) is 0 Å². The summed E-state index contributed by atoms with van der Waals surface area (Å²) in [6.07, 6.45) is 1.76. The van der Waals surface area contributed by atoms with E-state index in [0.29, 0.717) is 30.6 Å². The summed E-state index contributed by atoms with van der Waals surface area (Å²) in [5, 5.41) is 0. The maximum Gasteiger partial charge on any atom is 0.256 e. The second-order valence-corrected chi connectivity index (χ2v) is 5.04. The number of methoxy groups -OCH3 is 1. The van der Waals surface area contributed by atoms with Crippen molar-refractivity contribution in [1.82, 2.24) is 4.90 Å². The number of amides is 1. The van der Waals surface area contributed by atoms with Crippen molar-refractivity contribution in [3.05, 3.63) is 29.6 Å². The standard InChI is InChI=1S/C14H17ClFNO2/c1-19-11-2-3-12(13(16)8-11)14(18)17-6-4-10(9-15)5-7-17/h2-3,8,10H,4-7,9H2,1H3. The minimum absolute atomic E-state index is 0.102. The second kappa shape index (κ2) is 6.24. The molecule has 5 heteroatoms. The number of rotatable bonds is 3. The molecule has 1 fully saturated rings. The molecule has 19 heavy (non-hydrogen) atoms. The summed E-state index contributed by atoms with van der Waals surface area (Å²) in [6.45, 7) is 1.28. The van der Waals surface area contributed by atoms with E-state index in [1.54, 1.807) is 11.0 Å². The van der Waals surface area contributed by atoms with Gasteiger partial charge in [0.2, 0.25) is 0 Å². The summed E-state index contributed by atoms with van der Waals surface area (Å²) in [5.41, 5.74) is 0.102. The molecule has 0 unspecified atom stereocenters. The molecule has 1 saturated heterocycles. The Hall–Kier alpha value is -1.29. The van der Waals surface area contributed by atoms with Gasteiger partial charge in [0, 0.05) is 25.0 Å². The molecular formula is C14H17ClFNO2. The lowest BCUT2D eigenvalue weighted by Gasteiger charge is -2.31. The smallest absolute Gasteiger partial charge is 0.256 e. The Bertz CT molecular complexity index is 459. The number of hydrogen-bond donors (Lipinski definition) is 0. The predicted octanol–water partition coefficient (Wildman–Crippen LogP) is 2.93. The van der Waals surface area contributed by atoms with Crippen LogP contribution in [0.1, 0.15) is 23.2 Å². The van der Waals surface area contributed by atoms with E-state index in [9.17, 15) is 9.18 Å². The van der Waals surface area contributed by atoms with Gasteiger partial charge in [-0.25, -0.2) is 4.39 Å². The van der Waals surface area contributed by atoms with E-state index in [1.165, 1.54) is 19.2 Å². The number of alkyl halides is 1. The van der Waals surface area contributed by atoms with Crippen molar-refractivity contribution in [3.63, 3.8) is 0 Å². The lowest BCUT2D eigenvalue weighted by molar-refractivity contribution is 0.0693. The van der Waals surface area contributed by atoms with Crippen molar-refractivity contribution in [1.29, 1.82) is 0 Å². The lowest BCUT2D eigenvalue weighted by atomic mass is 9.98. The van der Waals surface area contributed by atoms with Crippen LogP contribution in [0.5, 0.6) is 5.75 Å². The molecule has 1 aliphatic rings. The average Bonchev–Trinajstić information content (AvgIpc) is 2.46. The van der Waals surface area contributed by atoms with Crippen LogP contribution in [-0.2, 0) is 0 Å². The number of hydrogen-bond acceptors (Lipinski definition) is 2. The highest BCUT2D eigenvalue weighted by molar-refractivity contribution is 6.18. The fourth-order valence-electron chi connectivity index (χ4n) is 2.26. The molecule has 0 aliphatic carbocycles. The third-order valence-corrected chi connectivity index (χ3v) is 3.96. The molecule has 0 N–H and O–H groups in total. The topological polar surface area (TPSA) is 29.5 Å². The van der Waals surface area contributed by atoms with Gasteiger partial charge in [0.15, 0.2) is 0 Å². The zero-order valence-electron chi connectivity index (χ0n) is 10.9. The van der Waals surface area contributed by atoms with Crippen molar-refractivity contribution in [2.45, 2.75) is 12.8 Å². The molecule has 1 aliphatic heterocycles. The SMILES string of the molecule is COc1ccc(C(=O)N2CCC(CCl)CC2)c(F)c1. The van der Waals surface area contributed by atoms with E-state index >= 15 is 0 Å². The molecule has 2 rings (SSSR count). The summed E-state index contributed by atoms with van der Waals surface area (Å²) >= 11 is 5.81. The lowest BCUT2D eigenvalue weighted by Crippen LogP contribution is -2.39. The van der Waals surface area contributed by atoms with E-state index in [2.05, 4.69) is 0 Å². The highest BCUT2D eigenvalue weighted by atomic mass is 35.5. The molecule has 104 valence electrons. The molecule has 1 amide bonds. The van der Waals surface area contributed by atoms with Gasteiger partial charge < -0.3 is 9.64 Å². The summed E-state index contributed by atoms with van der Waals surface area (Å²) in [4.78, 5) is 13.9. The van der Waals surface area contributed by atoms with Gasteiger partial charge in [-0.3, -0.25) is 4.79 Å². The Morgan fingerprint density at radius 1 is 1.47 bits per heavy atom. The summed E-state index contributed by atoms with van der Waals surface area (Å²) in [7, 11) is 1.47. The molecule has 0 bridgehead atoms. The van der Waals surface area contributed by atoms with Crippen LogP contribution in [0.3, 0.4) is 0 Å². The number of piperidine rings is 1. The summed E-state index contributed by atoms with van der Waals surface area (Å²) in [6, 6.07) is 4.31. The van der Waals surface area contributed by atoms with Gasteiger partial charge in [-0.05, 0) is 30.9 Å². The Labute approximate surface area is 117 Å². The normalized spacial score (nSPS) is 16.5. The Morgan fingerprint density at radius 3 is 2.68 bits per heavy atom. The number of carbonyl (C=O) groups excluding carboxylic acids is 1. The van der Waals surface area contributed by atoms with Crippen LogP contribution in [0.4, 0.5) is 4.39 Å². The zero-order valence-corrected chi connectivity index (χ0v) is 11.6. The molecule has 1 aromatic rings. The number of halogens is 2. The van der Waals surface area contributed by atoms with Gasteiger partial charge in [0.1, 0.15) is 11.6 Å². The molecule has 0 saturated carbocycles. The second-order valence-electron chi connectivity index (χ2n) is 4.74. The largest absolute Gasteiger partial charge is 0.497 e. The Balaban J connectivity index is 2.08. The molecule has 0 spiro atoms. The molecule has 0 radical (unpaired) electrons. The van der Waals surface area contributed by atoms with Crippen LogP contribution in [0.2, 0.25) is 0 Å². The number of nitrogens with zero attached hydrogens (tertiary/aromatic N) is 1. The van der Waals surface area contributed by atoms with Crippen LogP contribution < -0.4 is 4.74 Å². The molecule has 0 aromatic heterocycles. The van der Waals surface area contributed by atoms with Crippen molar-refractivity contribution in [2.75, 3.05) is 26.1 Å². The number of carbonyl (C=O) groups is 1. The van der Waals surface area contributed by atoms with E-state index in [1.807, 2.05) is 0 Å². The summed E-state index contributed by atoms with van der Waals surface area (Å²) in [5.74, 6) is 0.706. The third-order valence-electron chi connectivity index (χ3n) is 3.53. The number of ether oxygens (including phenoxy) is 1. The highest BCUT2D eigenvalue weighted by Gasteiger charge is 2.24. The van der Waals surface area contributed by atoms with Gasteiger partial charge in [0.25, 0.3) is 5.91 Å². The monoisotopic (exact) mass is 285 g/mol. The first-order valence-electron chi connectivity index (χ1n) is 6.34. The fourth-order valence-corrected chi connectivity index (χ4v) is 2.57. The third kappa shape index (κ3) is 3.18. The highest BCUT2D eigenvalue weighted by Crippen LogP contribution is 2.22. The van der Waals surface area contributed by atoms with Gasteiger partial charge >= 0.3 is 0 Å². The van der Waals surface area contributed by atoms with Crippen LogP contribution in [0.15, 0.2) is 18.2 Å². The summed E-state index contributed by atoms with van der Waals surface area (Å²) < 4.78 is 18.8. The number of likely N-dealkylation sites (tertiary alicyclic amines) is 1. The molecule has 1 heterocycles. The van der Waals surface area contributed by atoms with Crippen LogP contribution in [0.25, 0.3) is 0 Å². The van der Waals surface area contributed by atoms with Gasteiger partial charge in [-0.15, -0.1) is 11.6 Å². The van der Waals surface area contributed by atoms with Crippen molar-refractivity contribution in [2.24, 2.45) is 5.92 Å². The van der Waals surface area contributed by atoms with Crippen molar-refractivity contribution in [3.8, 4) is 5.75 Å². The maximum atomic E-state index is 13.8. The first-order chi connectivity index (χ1) is 9.15. The maximum absolute atomic E-state index is 13.8. The minimum Gasteiger partial charge on any atom is -0.497 e. The van der Waals surface area contributed by atoms with Crippen LogP contribution in [-0.4, -0.2) is 36.9 Å². The quantitative estimate of drug-likeness (QED) is 0.799. The van der Waals surface area contributed by atoms with Crippen molar-refractivity contribution < 1.29 is 13.9 Å². The Morgan fingerprint density at radius 2 is 2.16 bits per heavy atom. The molecule has 0 atom stereocenters.